The molecular weight excluding hydrogens is 511 g/mol. The van der Waals surface area contributed by atoms with Gasteiger partial charge in [-0.2, -0.15) is 13.2 Å². The molecule has 0 unspecified atom stereocenters. The molecule has 0 bridgehead atoms. The van der Waals surface area contributed by atoms with E-state index in [4.69, 9.17) is 5.73 Å². The number of hydrogen-bond acceptors (Lipinski definition) is 4. The van der Waals surface area contributed by atoms with E-state index in [9.17, 15) is 36.3 Å². The Kier molecular flexibility index (Phi) is 7.79. The molecule has 1 aliphatic carbocycles. The maximum Gasteiger partial charge on any atom is 0.389 e. The van der Waals surface area contributed by atoms with Crippen LogP contribution in [-0.2, 0) is 14.4 Å². The predicted molar refractivity (Wildman–Crippen MR) is 128 cm³/mol. The number of rotatable bonds is 9. The van der Waals surface area contributed by atoms with Gasteiger partial charge in [-0.1, -0.05) is 37.1 Å². The van der Waals surface area contributed by atoms with E-state index in [-0.39, 0.29) is 34.9 Å². The molecule has 0 radical (unpaired) electrons. The minimum absolute atomic E-state index is 0.0288. The van der Waals surface area contributed by atoms with Crippen LogP contribution in [0, 0.1) is 29.4 Å². The molecule has 1 aliphatic heterocycles. The Labute approximate surface area is 214 Å². The van der Waals surface area contributed by atoms with Gasteiger partial charge >= 0.3 is 6.18 Å². The summed E-state index contributed by atoms with van der Waals surface area (Å²) in [6, 6.07) is 9.01. The minimum Gasteiger partial charge on any atom is -0.369 e. The highest BCUT2D eigenvalue weighted by Gasteiger charge is 2.41. The van der Waals surface area contributed by atoms with Gasteiger partial charge in [0.15, 0.2) is 0 Å². The van der Waals surface area contributed by atoms with E-state index in [0.717, 1.165) is 25.0 Å². The number of anilines is 1. The number of benzene rings is 2. The van der Waals surface area contributed by atoms with E-state index < -0.39 is 66.4 Å². The number of benzodiazepines with no additional fused rings is 1. The second-order valence-corrected chi connectivity index (χ2v) is 9.50. The Morgan fingerprint density at radius 1 is 1.11 bits per heavy atom. The lowest BCUT2D eigenvalue weighted by Crippen LogP contribution is -2.48. The van der Waals surface area contributed by atoms with Crippen LogP contribution in [0.15, 0.2) is 47.5 Å². The third-order valence-electron chi connectivity index (χ3n) is 6.61. The summed E-state index contributed by atoms with van der Waals surface area (Å²) in [5, 5.41) is 4.65. The van der Waals surface area contributed by atoms with E-state index in [1.54, 1.807) is 0 Å². The average Bonchev–Trinajstić information content (AvgIpc) is 3.66. The molecule has 2 aliphatic rings. The predicted octanol–water partition coefficient (Wildman–Crippen LogP) is 4.06. The molecule has 2 aromatic carbocycles. The normalized spacial score (nSPS) is 18.9. The van der Waals surface area contributed by atoms with Gasteiger partial charge < -0.3 is 16.4 Å². The topological polar surface area (TPSA) is 114 Å². The van der Waals surface area contributed by atoms with E-state index in [2.05, 4.69) is 15.6 Å². The number of halogens is 5. The van der Waals surface area contributed by atoms with Crippen molar-refractivity contribution in [1.82, 2.24) is 5.32 Å². The van der Waals surface area contributed by atoms with Crippen LogP contribution in [-0.4, -0.2) is 35.8 Å². The van der Waals surface area contributed by atoms with Crippen LogP contribution in [0.1, 0.15) is 43.2 Å². The van der Waals surface area contributed by atoms with Crippen LogP contribution in [0.5, 0.6) is 0 Å². The molecule has 7 nitrogen and oxygen atoms in total. The number of para-hydroxylation sites is 1. The summed E-state index contributed by atoms with van der Waals surface area (Å²) in [5.41, 5.74) is 5.48. The van der Waals surface area contributed by atoms with Gasteiger partial charge in [0.05, 0.1) is 11.4 Å². The number of nitrogens with two attached hydrogens (primary N) is 1. The van der Waals surface area contributed by atoms with Crippen molar-refractivity contribution in [2.45, 2.75) is 44.4 Å². The first-order valence-electron chi connectivity index (χ1n) is 12.0. The number of carbonyl (C=O) groups excluding carboxylic acids is 3. The molecule has 38 heavy (non-hydrogen) atoms. The highest BCUT2D eigenvalue weighted by Crippen LogP contribution is 2.39. The largest absolute Gasteiger partial charge is 0.389 e. The van der Waals surface area contributed by atoms with Crippen LogP contribution in [0.3, 0.4) is 0 Å². The van der Waals surface area contributed by atoms with Crippen LogP contribution in [0.2, 0.25) is 0 Å². The lowest BCUT2D eigenvalue weighted by atomic mass is 9.83. The second kappa shape index (κ2) is 10.9. The molecule has 1 fully saturated rings. The smallest absolute Gasteiger partial charge is 0.369 e. The number of alkyl halides is 3. The van der Waals surface area contributed by atoms with Crippen LogP contribution >= 0.6 is 0 Å². The molecule has 0 spiro atoms. The summed E-state index contributed by atoms with van der Waals surface area (Å²) < 4.78 is 67.8. The average molecular weight is 537 g/mol. The number of carbonyl (C=O) groups is 3. The number of nitrogens with one attached hydrogen (secondary N) is 2. The van der Waals surface area contributed by atoms with Gasteiger partial charge in [0.25, 0.3) is 5.91 Å². The van der Waals surface area contributed by atoms with Crippen molar-refractivity contribution in [2.24, 2.45) is 28.5 Å². The summed E-state index contributed by atoms with van der Waals surface area (Å²) in [7, 11) is 0. The fourth-order valence-corrected chi connectivity index (χ4v) is 4.53. The number of hydrogen-bond donors (Lipinski definition) is 3. The number of nitrogens with zero attached hydrogens (tertiary/aromatic N) is 1. The number of fused-ring (bicyclic) bond motifs is 1. The first kappa shape index (κ1) is 27.2. The number of amides is 3. The summed E-state index contributed by atoms with van der Waals surface area (Å²) in [6.45, 7) is 0. The van der Waals surface area contributed by atoms with Crippen LogP contribution in [0.4, 0.5) is 27.6 Å². The van der Waals surface area contributed by atoms with Crippen molar-refractivity contribution >= 4 is 29.1 Å². The third kappa shape index (κ3) is 6.53. The Morgan fingerprint density at radius 2 is 1.82 bits per heavy atom. The van der Waals surface area contributed by atoms with Gasteiger partial charge in [-0.05, 0) is 37.0 Å². The molecule has 12 heteroatoms. The van der Waals surface area contributed by atoms with Gasteiger partial charge in [0, 0.05) is 29.4 Å². The lowest BCUT2D eigenvalue weighted by Gasteiger charge is -2.26. The van der Waals surface area contributed by atoms with E-state index in [1.165, 1.54) is 30.3 Å². The van der Waals surface area contributed by atoms with E-state index in [0.29, 0.717) is 0 Å². The summed E-state index contributed by atoms with van der Waals surface area (Å²) >= 11 is 0. The Hall–Kier alpha value is -3.83. The molecular formula is C26H25F5N4O3. The maximum absolute atomic E-state index is 14.7. The van der Waals surface area contributed by atoms with Crippen molar-refractivity contribution in [3.63, 3.8) is 0 Å². The summed E-state index contributed by atoms with van der Waals surface area (Å²) in [4.78, 5) is 42.7. The standard InChI is InChI=1S/C26H25F5N4O3/c27-15-4-1-3-14(12-15)20-17-5-2-6-19(28)21(17)34-25(38)23(33-20)35-24(37)16(9-10-26(29,30)31)18(22(32)36)11-13-7-8-13/h1-6,12-13,16,18,23H,7-11H2,(H2,32,36)(H,34,38)(H,35,37)/t16-,18+,23-/m1/s1. The highest BCUT2D eigenvalue weighted by molar-refractivity contribution is 6.20. The molecule has 3 amide bonds. The van der Waals surface area contributed by atoms with Crippen molar-refractivity contribution in [1.29, 1.82) is 0 Å². The quantitative estimate of drug-likeness (QED) is 0.420. The van der Waals surface area contributed by atoms with Crippen LogP contribution in [0.25, 0.3) is 0 Å². The Balaban J connectivity index is 1.69. The maximum atomic E-state index is 14.7. The van der Waals surface area contributed by atoms with Crippen LogP contribution < -0.4 is 16.4 Å². The molecule has 1 saturated carbocycles. The molecule has 4 rings (SSSR count). The fraction of sp³-hybridized carbons (Fsp3) is 0.385. The first-order chi connectivity index (χ1) is 17.9. The molecule has 3 atom stereocenters. The molecule has 202 valence electrons. The zero-order valence-electron chi connectivity index (χ0n) is 20.0. The van der Waals surface area contributed by atoms with Gasteiger partial charge in [0.1, 0.15) is 11.6 Å². The van der Waals surface area contributed by atoms with Gasteiger partial charge in [-0.3, -0.25) is 14.4 Å². The number of primary amides is 1. The molecule has 2 aromatic rings. The third-order valence-corrected chi connectivity index (χ3v) is 6.61. The Bertz CT molecular complexity index is 1280. The first-order valence-corrected chi connectivity index (χ1v) is 12.0. The zero-order valence-corrected chi connectivity index (χ0v) is 20.0. The van der Waals surface area contributed by atoms with Crippen molar-refractivity contribution in [3.05, 3.63) is 65.2 Å². The van der Waals surface area contributed by atoms with E-state index in [1.807, 2.05) is 0 Å². The van der Waals surface area contributed by atoms with Gasteiger partial charge in [-0.15, -0.1) is 0 Å². The highest BCUT2D eigenvalue weighted by atomic mass is 19.4. The number of aliphatic imine (C=N–C) groups is 1. The zero-order chi connectivity index (χ0) is 27.6. The van der Waals surface area contributed by atoms with Gasteiger partial charge in [0.2, 0.25) is 18.0 Å². The summed E-state index contributed by atoms with van der Waals surface area (Å²) in [6.07, 6.45) is -6.68. The van der Waals surface area contributed by atoms with Crippen molar-refractivity contribution < 1.29 is 36.3 Å². The van der Waals surface area contributed by atoms with Crippen molar-refractivity contribution in [3.8, 4) is 0 Å². The Morgan fingerprint density at radius 3 is 2.45 bits per heavy atom. The van der Waals surface area contributed by atoms with E-state index >= 15 is 0 Å². The molecule has 0 aromatic heterocycles. The SMILES string of the molecule is NC(=O)[C@@H](CC1CC1)[C@@H](CCC(F)(F)F)C(=O)N[C@H]1N=C(c2cccc(F)c2)c2cccc(F)c2NC1=O. The monoisotopic (exact) mass is 536 g/mol. The van der Waals surface area contributed by atoms with Crippen molar-refractivity contribution in [2.75, 3.05) is 5.32 Å². The second-order valence-electron chi connectivity index (χ2n) is 9.50. The molecule has 1 heterocycles. The molecule has 4 N–H and O–H groups in total. The fourth-order valence-electron chi connectivity index (χ4n) is 4.53. The molecule has 0 saturated heterocycles. The lowest BCUT2D eigenvalue weighted by molar-refractivity contribution is -0.146. The minimum atomic E-state index is -4.60. The summed E-state index contributed by atoms with van der Waals surface area (Å²) in [5.74, 6) is -6.93. The van der Waals surface area contributed by atoms with Gasteiger partial charge in [-0.25, -0.2) is 13.8 Å².